The molecule has 114 valence electrons. The number of carbonyl (C=O) groups excluding carboxylic acids is 1. The van der Waals surface area contributed by atoms with Crippen LogP contribution in [0.15, 0.2) is 24.3 Å². The molecule has 0 aliphatic carbocycles. The number of rotatable bonds is 4. The summed E-state index contributed by atoms with van der Waals surface area (Å²) in [7, 11) is 2.12. The topological polar surface area (TPSA) is 35.6 Å². The molecule has 4 heteroatoms. The molecule has 2 aliphatic heterocycles. The lowest BCUT2D eigenvalue weighted by Crippen LogP contribution is -2.20. The van der Waals surface area contributed by atoms with Crippen LogP contribution in [0.25, 0.3) is 0 Å². The Hall–Kier alpha value is -1.55. The molecule has 1 N–H and O–H groups in total. The summed E-state index contributed by atoms with van der Waals surface area (Å²) in [5.74, 6) is 0.656. The Morgan fingerprint density at radius 1 is 1.19 bits per heavy atom. The highest BCUT2D eigenvalue weighted by Gasteiger charge is 2.22. The van der Waals surface area contributed by atoms with Gasteiger partial charge in [-0.05, 0) is 63.0 Å². The zero-order valence-electron chi connectivity index (χ0n) is 12.8. The summed E-state index contributed by atoms with van der Waals surface area (Å²) in [4.78, 5) is 16.8. The Balaban J connectivity index is 1.51. The molecule has 1 aromatic rings. The lowest BCUT2D eigenvalue weighted by atomic mass is 10.0. The van der Waals surface area contributed by atoms with Gasteiger partial charge in [0.15, 0.2) is 0 Å². The van der Waals surface area contributed by atoms with Crippen LogP contribution in [0.5, 0.6) is 0 Å². The number of benzene rings is 1. The second-order valence-electron chi connectivity index (χ2n) is 6.41. The quantitative estimate of drug-likeness (QED) is 0.924. The van der Waals surface area contributed by atoms with Crippen LogP contribution in [0.2, 0.25) is 0 Å². The average molecular weight is 287 g/mol. The van der Waals surface area contributed by atoms with E-state index >= 15 is 0 Å². The summed E-state index contributed by atoms with van der Waals surface area (Å²) in [5.41, 5.74) is 2.18. The summed E-state index contributed by atoms with van der Waals surface area (Å²) in [6, 6.07) is 8.27. The molecule has 2 fully saturated rings. The SMILES string of the molecule is CN1CCC(CC(=O)Nc2ccc(N3CCCC3)cc2)C1. The molecule has 1 aromatic carbocycles. The standard InChI is InChI=1S/C17H25N3O/c1-19-11-8-14(13-19)12-17(21)18-15-4-6-16(7-5-15)20-9-2-3-10-20/h4-7,14H,2-3,8-13H2,1H3,(H,18,21). The Morgan fingerprint density at radius 3 is 2.52 bits per heavy atom. The van der Waals surface area contributed by atoms with Crippen molar-refractivity contribution in [3.8, 4) is 0 Å². The van der Waals surface area contributed by atoms with Crippen LogP contribution in [-0.2, 0) is 4.79 Å². The van der Waals surface area contributed by atoms with Crippen LogP contribution in [-0.4, -0.2) is 44.0 Å². The molecule has 1 atom stereocenters. The highest BCUT2D eigenvalue weighted by Crippen LogP contribution is 2.23. The number of carbonyl (C=O) groups is 1. The third-order valence-electron chi connectivity index (χ3n) is 4.59. The molecule has 0 aromatic heterocycles. The van der Waals surface area contributed by atoms with Crippen molar-refractivity contribution < 1.29 is 4.79 Å². The molecule has 21 heavy (non-hydrogen) atoms. The number of nitrogens with zero attached hydrogens (tertiary/aromatic N) is 2. The first-order valence-corrected chi connectivity index (χ1v) is 8.04. The molecule has 2 heterocycles. The van der Waals surface area contributed by atoms with Crippen molar-refractivity contribution in [2.75, 3.05) is 43.4 Å². The fourth-order valence-electron chi connectivity index (χ4n) is 3.40. The minimum absolute atomic E-state index is 0.143. The van der Waals surface area contributed by atoms with E-state index in [9.17, 15) is 4.79 Å². The monoisotopic (exact) mass is 287 g/mol. The van der Waals surface area contributed by atoms with Gasteiger partial charge in [0.2, 0.25) is 5.91 Å². The highest BCUT2D eigenvalue weighted by molar-refractivity contribution is 5.91. The Bertz CT molecular complexity index is 479. The van der Waals surface area contributed by atoms with Gasteiger partial charge in [0, 0.05) is 37.4 Å². The van der Waals surface area contributed by atoms with Gasteiger partial charge in [-0.1, -0.05) is 0 Å². The summed E-state index contributed by atoms with van der Waals surface area (Å²) >= 11 is 0. The first kappa shape index (κ1) is 14.4. The molecule has 0 bridgehead atoms. The Kier molecular flexibility index (Phi) is 4.44. The number of hydrogen-bond acceptors (Lipinski definition) is 3. The van der Waals surface area contributed by atoms with Gasteiger partial charge in [0.1, 0.15) is 0 Å². The zero-order valence-corrected chi connectivity index (χ0v) is 12.8. The predicted octanol–water partition coefficient (Wildman–Crippen LogP) is 2.57. The summed E-state index contributed by atoms with van der Waals surface area (Å²) in [5, 5.41) is 3.03. The first-order valence-electron chi connectivity index (χ1n) is 8.04. The van der Waals surface area contributed by atoms with Gasteiger partial charge in [0.05, 0.1) is 0 Å². The van der Waals surface area contributed by atoms with Gasteiger partial charge < -0.3 is 15.1 Å². The van der Waals surface area contributed by atoms with Crippen molar-refractivity contribution in [3.05, 3.63) is 24.3 Å². The molecule has 2 aliphatic rings. The van der Waals surface area contributed by atoms with Crippen molar-refractivity contribution in [2.24, 2.45) is 5.92 Å². The maximum atomic E-state index is 12.1. The zero-order chi connectivity index (χ0) is 14.7. The van der Waals surface area contributed by atoms with Gasteiger partial charge in [-0.15, -0.1) is 0 Å². The molecule has 3 rings (SSSR count). The molecule has 0 saturated carbocycles. The largest absolute Gasteiger partial charge is 0.372 e. The van der Waals surface area contributed by atoms with Crippen molar-refractivity contribution in [2.45, 2.75) is 25.7 Å². The number of hydrogen-bond donors (Lipinski definition) is 1. The number of nitrogens with one attached hydrogen (secondary N) is 1. The van der Waals surface area contributed by atoms with Gasteiger partial charge in [-0.3, -0.25) is 4.79 Å². The van der Waals surface area contributed by atoms with Crippen LogP contribution in [0.1, 0.15) is 25.7 Å². The maximum Gasteiger partial charge on any atom is 0.224 e. The predicted molar refractivity (Wildman–Crippen MR) is 86.7 cm³/mol. The molecular weight excluding hydrogens is 262 g/mol. The molecule has 0 spiro atoms. The average Bonchev–Trinajstić information content (AvgIpc) is 3.11. The van der Waals surface area contributed by atoms with Crippen LogP contribution in [0.3, 0.4) is 0 Å². The van der Waals surface area contributed by atoms with E-state index in [1.165, 1.54) is 18.5 Å². The van der Waals surface area contributed by atoms with Crippen LogP contribution >= 0.6 is 0 Å². The van der Waals surface area contributed by atoms with Crippen molar-refractivity contribution in [3.63, 3.8) is 0 Å². The summed E-state index contributed by atoms with van der Waals surface area (Å²) in [6.07, 6.45) is 4.35. The summed E-state index contributed by atoms with van der Waals surface area (Å²) in [6.45, 7) is 4.46. The van der Waals surface area contributed by atoms with Gasteiger partial charge in [-0.25, -0.2) is 0 Å². The van der Waals surface area contributed by atoms with E-state index in [1.807, 2.05) is 12.1 Å². The highest BCUT2D eigenvalue weighted by atomic mass is 16.1. The van der Waals surface area contributed by atoms with E-state index in [2.05, 4.69) is 34.3 Å². The first-order chi connectivity index (χ1) is 10.2. The third-order valence-corrected chi connectivity index (χ3v) is 4.59. The van der Waals surface area contributed by atoms with Crippen LogP contribution < -0.4 is 10.2 Å². The number of anilines is 2. The van der Waals surface area contributed by atoms with Gasteiger partial charge in [-0.2, -0.15) is 0 Å². The fourth-order valence-corrected chi connectivity index (χ4v) is 3.40. The van der Waals surface area contributed by atoms with Crippen molar-refractivity contribution in [1.29, 1.82) is 0 Å². The maximum absolute atomic E-state index is 12.1. The van der Waals surface area contributed by atoms with Crippen molar-refractivity contribution in [1.82, 2.24) is 4.90 Å². The second kappa shape index (κ2) is 6.48. The lowest BCUT2D eigenvalue weighted by molar-refractivity contribution is -0.117. The molecule has 0 radical (unpaired) electrons. The third kappa shape index (κ3) is 3.76. The molecule has 1 unspecified atom stereocenters. The Labute approximate surface area is 127 Å². The van der Waals surface area contributed by atoms with E-state index in [-0.39, 0.29) is 5.91 Å². The number of likely N-dealkylation sites (tertiary alicyclic amines) is 1. The molecule has 2 saturated heterocycles. The normalized spacial score (nSPS) is 22.7. The van der Waals surface area contributed by atoms with E-state index in [0.29, 0.717) is 12.3 Å². The molecular formula is C17H25N3O. The minimum atomic E-state index is 0.143. The van der Waals surface area contributed by atoms with E-state index in [4.69, 9.17) is 0 Å². The summed E-state index contributed by atoms with van der Waals surface area (Å²) < 4.78 is 0. The lowest BCUT2D eigenvalue weighted by Gasteiger charge is -2.18. The Morgan fingerprint density at radius 2 is 1.90 bits per heavy atom. The van der Waals surface area contributed by atoms with E-state index in [1.54, 1.807) is 0 Å². The number of amides is 1. The van der Waals surface area contributed by atoms with Crippen molar-refractivity contribution >= 4 is 17.3 Å². The minimum Gasteiger partial charge on any atom is -0.372 e. The fraction of sp³-hybridized carbons (Fsp3) is 0.588. The van der Waals surface area contributed by atoms with Crippen LogP contribution in [0, 0.1) is 5.92 Å². The smallest absolute Gasteiger partial charge is 0.224 e. The van der Waals surface area contributed by atoms with Gasteiger partial charge in [0.25, 0.3) is 0 Å². The van der Waals surface area contributed by atoms with Gasteiger partial charge >= 0.3 is 0 Å². The van der Waals surface area contributed by atoms with E-state index in [0.717, 1.165) is 38.3 Å². The molecule has 1 amide bonds. The van der Waals surface area contributed by atoms with Crippen LogP contribution in [0.4, 0.5) is 11.4 Å². The second-order valence-corrected chi connectivity index (χ2v) is 6.41. The van der Waals surface area contributed by atoms with E-state index < -0.39 is 0 Å². The molecule has 4 nitrogen and oxygen atoms in total.